The first-order chi connectivity index (χ1) is 13.8. The van der Waals surface area contributed by atoms with Crippen LogP contribution < -0.4 is 0 Å². The largest absolute Gasteiger partial charge is 0.444 e. The molecule has 2 aromatic heterocycles. The van der Waals surface area contributed by atoms with Crippen molar-refractivity contribution < 1.29 is 9.53 Å². The molecule has 1 saturated heterocycles. The molecule has 1 amide bonds. The van der Waals surface area contributed by atoms with Crippen molar-refractivity contribution in [1.29, 1.82) is 0 Å². The van der Waals surface area contributed by atoms with E-state index in [4.69, 9.17) is 9.84 Å². The van der Waals surface area contributed by atoms with Gasteiger partial charge in [-0.05, 0) is 66.5 Å². The summed E-state index contributed by atoms with van der Waals surface area (Å²) >= 11 is 3.60. The van der Waals surface area contributed by atoms with Gasteiger partial charge in [0.1, 0.15) is 11.3 Å². The monoisotopic (exact) mass is 454 g/mol. The molecule has 0 unspecified atom stereocenters. The van der Waals surface area contributed by atoms with E-state index in [1.165, 1.54) is 5.56 Å². The molecule has 1 aromatic carbocycles. The van der Waals surface area contributed by atoms with E-state index in [0.717, 1.165) is 21.4 Å². The van der Waals surface area contributed by atoms with E-state index in [1.807, 2.05) is 43.8 Å². The highest BCUT2D eigenvalue weighted by molar-refractivity contribution is 9.10. The van der Waals surface area contributed by atoms with Crippen LogP contribution in [0.5, 0.6) is 0 Å². The summed E-state index contributed by atoms with van der Waals surface area (Å²) in [7, 11) is 0. The summed E-state index contributed by atoms with van der Waals surface area (Å²) in [6, 6.07) is 12.2. The lowest BCUT2D eigenvalue weighted by Crippen LogP contribution is -2.50. The van der Waals surface area contributed by atoms with Crippen molar-refractivity contribution in [3.05, 3.63) is 65.0 Å². The van der Waals surface area contributed by atoms with Crippen LogP contribution >= 0.6 is 15.9 Å². The summed E-state index contributed by atoms with van der Waals surface area (Å²) < 4.78 is 8.21. The number of amides is 1. The summed E-state index contributed by atoms with van der Waals surface area (Å²) in [5, 5.41) is 4.70. The molecule has 6 nitrogen and oxygen atoms in total. The number of hydrogen-bond acceptors (Lipinski definition) is 4. The fourth-order valence-corrected chi connectivity index (χ4v) is 3.76. The van der Waals surface area contributed by atoms with Crippen molar-refractivity contribution >= 4 is 22.0 Å². The van der Waals surface area contributed by atoms with Crippen LogP contribution in [0, 0.1) is 0 Å². The third kappa shape index (κ3) is 4.34. The quantitative estimate of drug-likeness (QED) is 0.556. The molecule has 0 aliphatic carbocycles. The van der Waals surface area contributed by atoms with Crippen molar-refractivity contribution in [3.63, 3.8) is 0 Å². The van der Waals surface area contributed by atoms with Crippen LogP contribution in [0.15, 0.2) is 59.5 Å². The topological polar surface area (TPSA) is 60.2 Å². The molecule has 0 atom stereocenters. The minimum Gasteiger partial charge on any atom is -0.444 e. The second-order valence-electron chi connectivity index (χ2n) is 8.18. The van der Waals surface area contributed by atoms with Crippen molar-refractivity contribution in [2.45, 2.75) is 32.3 Å². The van der Waals surface area contributed by atoms with Crippen molar-refractivity contribution in [2.75, 3.05) is 13.1 Å². The van der Waals surface area contributed by atoms with E-state index in [-0.39, 0.29) is 6.09 Å². The lowest BCUT2D eigenvalue weighted by molar-refractivity contribution is 0.00819. The molecule has 4 rings (SSSR count). The van der Waals surface area contributed by atoms with Crippen LogP contribution in [0.2, 0.25) is 0 Å². The molecule has 1 aliphatic heterocycles. The van der Waals surface area contributed by atoms with Crippen molar-refractivity contribution in [2.24, 2.45) is 0 Å². The van der Waals surface area contributed by atoms with Crippen molar-refractivity contribution in [1.82, 2.24) is 19.7 Å². The minimum absolute atomic E-state index is 0.240. The molecule has 1 fully saturated rings. The Balaban J connectivity index is 1.43. The lowest BCUT2D eigenvalue weighted by Gasteiger charge is -2.40. The summed E-state index contributed by atoms with van der Waals surface area (Å²) in [4.78, 5) is 17.9. The number of benzene rings is 1. The van der Waals surface area contributed by atoms with Gasteiger partial charge in [0, 0.05) is 43.2 Å². The highest BCUT2D eigenvalue weighted by Crippen LogP contribution is 2.30. The van der Waals surface area contributed by atoms with Crippen LogP contribution in [-0.4, -0.2) is 44.4 Å². The Morgan fingerprint density at radius 2 is 1.76 bits per heavy atom. The van der Waals surface area contributed by atoms with Gasteiger partial charge in [-0.25, -0.2) is 9.48 Å². The zero-order chi connectivity index (χ0) is 20.6. The summed E-state index contributed by atoms with van der Waals surface area (Å²) in [5.74, 6) is 0.341. The maximum atomic E-state index is 12.1. The van der Waals surface area contributed by atoms with Gasteiger partial charge in [-0.3, -0.25) is 4.98 Å². The molecule has 150 valence electrons. The molecule has 0 N–H and O–H groups in total. The van der Waals surface area contributed by atoms with Gasteiger partial charge in [0.25, 0.3) is 0 Å². The van der Waals surface area contributed by atoms with E-state index in [9.17, 15) is 4.79 Å². The first kappa shape index (κ1) is 19.6. The number of pyridine rings is 1. The molecule has 29 heavy (non-hydrogen) atoms. The lowest BCUT2D eigenvalue weighted by atomic mass is 9.92. The van der Waals surface area contributed by atoms with Crippen LogP contribution in [0.4, 0.5) is 4.79 Å². The molecule has 0 radical (unpaired) electrons. The van der Waals surface area contributed by atoms with Gasteiger partial charge in [-0.1, -0.05) is 12.1 Å². The highest BCUT2D eigenvalue weighted by Gasteiger charge is 2.34. The fraction of sp³-hybridized carbons (Fsp3) is 0.318. The molecular formula is C22H23BrN4O2. The Kier molecular flexibility index (Phi) is 5.17. The zero-order valence-corrected chi connectivity index (χ0v) is 18.3. The zero-order valence-electron chi connectivity index (χ0n) is 16.7. The van der Waals surface area contributed by atoms with E-state index in [0.29, 0.717) is 19.0 Å². The van der Waals surface area contributed by atoms with Gasteiger partial charge in [-0.2, -0.15) is 5.10 Å². The summed E-state index contributed by atoms with van der Waals surface area (Å²) in [6.07, 6.45) is 5.23. The Bertz CT molecular complexity index is 1000. The number of likely N-dealkylation sites (tertiary alicyclic amines) is 1. The van der Waals surface area contributed by atoms with Gasteiger partial charge in [0.2, 0.25) is 0 Å². The predicted molar refractivity (Wildman–Crippen MR) is 115 cm³/mol. The maximum absolute atomic E-state index is 12.1. The van der Waals surface area contributed by atoms with E-state index in [2.05, 4.69) is 45.2 Å². The predicted octanol–water partition coefficient (Wildman–Crippen LogP) is 5.03. The Morgan fingerprint density at radius 1 is 1.10 bits per heavy atom. The summed E-state index contributed by atoms with van der Waals surface area (Å²) in [5.41, 5.74) is 3.63. The average molecular weight is 455 g/mol. The van der Waals surface area contributed by atoms with Crippen molar-refractivity contribution in [3.8, 4) is 16.9 Å². The van der Waals surface area contributed by atoms with Gasteiger partial charge in [0.15, 0.2) is 0 Å². The van der Waals surface area contributed by atoms with E-state index < -0.39 is 5.60 Å². The SMILES string of the molecule is CC(C)(C)OC(=O)N1CC(c2ccc(-n3cc(Br)c(-c4ccncc4)n3)cc2)C1. The van der Waals surface area contributed by atoms with Crippen LogP contribution in [-0.2, 0) is 4.74 Å². The fourth-order valence-electron chi connectivity index (χ4n) is 3.25. The highest BCUT2D eigenvalue weighted by atomic mass is 79.9. The number of aromatic nitrogens is 3. The number of carbonyl (C=O) groups excluding carboxylic acids is 1. The number of halogens is 1. The Morgan fingerprint density at radius 3 is 2.38 bits per heavy atom. The second kappa shape index (κ2) is 7.63. The van der Waals surface area contributed by atoms with Crippen LogP contribution in [0.25, 0.3) is 16.9 Å². The molecule has 3 heterocycles. The number of carbonyl (C=O) groups is 1. The second-order valence-corrected chi connectivity index (χ2v) is 9.03. The Hall–Kier alpha value is -2.67. The maximum Gasteiger partial charge on any atom is 0.410 e. The number of hydrogen-bond donors (Lipinski definition) is 0. The molecule has 3 aromatic rings. The number of nitrogens with zero attached hydrogens (tertiary/aromatic N) is 4. The molecule has 7 heteroatoms. The average Bonchev–Trinajstić information content (AvgIpc) is 3.02. The third-order valence-electron chi connectivity index (χ3n) is 4.79. The third-order valence-corrected chi connectivity index (χ3v) is 5.37. The molecule has 1 aliphatic rings. The van der Waals surface area contributed by atoms with Crippen LogP contribution in [0.1, 0.15) is 32.3 Å². The smallest absolute Gasteiger partial charge is 0.410 e. The van der Waals surface area contributed by atoms with Gasteiger partial charge >= 0.3 is 6.09 Å². The van der Waals surface area contributed by atoms with Gasteiger partial charge in [0.05, 0.1) is 10.2 Å². The molecule has 0 spiro atoms. The Labute approximate surface area is 178 Å². The molecule has 0 saturated carbocycles. The first-order valence-corrected chi connectivity index (χ1v) is 10.3. The van der Waals surface area contributed by atoms with Gasteiger partial charge < -0.3 is 9.64 Å². The summed E-state index contributed by atoms with van der Waals surface area (Å²) in [6.45, 7) is 7.03. The van der Waals surface area contributed by atoms with Gasteiger partial charge in [-0.15, -0.1) is 0 Å². The van der Waals surface area contributed by atoms with E-state index >= 15 is 0 Å². The normalized spacial score (nSPS) is 14.6. The molecular weight excluding hydrogens is 432 g/mol. The van der Waals surface area contributed by atoms with E-state index in [1.54, 1.807) is 17.3 Å². The molecule has 0 bridgehead atoms. The first-order valence-electron chi connectivity index (χ1n) is 9.54. The standard InChI is InChI=1S/C22H23BrN4O2/c1-22(2,3)29-21(28)26-12-17(13-26)15-4-6-18(7-5-15)27-14-19(23)20(25-27)16-8-10-24-11-9-16/h4-11,14,17H,12-13H2,1-3H3. The van der Waals surface area contributed by atoms with Crippen LogP contribution in [0.3, 0.4) is 0 Å². The minimum atomic E-state index is -0.461. The number of ether oxygens (including phenoxy) is 1. The number of rotatable bonds is 3.